The monoisotopic (exact) mass is 1160 g/mol. The summed E-state index contributed by atoms with van der Waals surface area (Å²) in [5.41, 5.74) is 0. The smallest absolute Gasteiger partial charge is 0.306 e. The van der Waals surface area contributed by atoms with Crippen LogP contribution < -0.4 is 10.2 Å². The summed E-state index contributed by atoms with van der Waals surface area (Å²) in [6.07, 6.45) is 77.6. The molecule has 474 valence electrons. The van der Waals surface area contributed by atoms with Crippen LogP contribution in [0.2, 0.25) is 0 Å². The first-order valence-electron chi connectivity index (χ1n) is 34.6. The minimum atomic E-state index is -4.70. The fourth-order valence-electron chi connectivity index (χ4n) is 10.1. The molecule has 0 aliphatic rings. The minimum Gasteiger partial charge on any atom is -0.756 e. The van der Waals surface area contributed by atoms with E-state index in [0.29, 0.717) is 17.4 Å². The van der Waals surface area contributed by atoms with Crippen LogP contribution in [0.1, 0.15) is 329 Å². The molecule has 0 bridgehead atoms. The van der Waals surface area contributed by atoms with E-state index in [1.165, 1.54) is 205 Å². The predicted octanol–water partition coefficient (Wildman–Crippen LogP) is 21.2. The van der Waals surface area contributed by atoms with Gasteiger partial charge in [0.1, 0.15) is 19.3 Å². The first-order valence-corrected chi connectivity index (χ1v) is 36.1. The Morgan fingerprint density at radius 3 is 1.15 bits per heavy atom. The molecular weight excluding hydrogens is 1020 g/mol. The molecular formula is C71H133N2O7P. The Bertz CT molecular complexity index is 1570. The maximum atomic E-state index is 13.6. The van der Waals surface area contributed by atoms with E-state index in [4.69, 9.17) is 13.8 Å². The molecule has 3 unspecified atom stereocenters. The molecule has 10 heteroatoms. The number of phosphoric ester groups is 1. The molecule has 0 saturated heterocycles. The predicted molar refractivity (Wildman–Crippen MR) is 349 cm³/mol. The number of likely N-dealkylation sites (N-methyl/N-ethyl adjacent to an activating group) is 1. The molecule has 0 radical (unpaired) electrons. The van der Waals surface area contributed by atoms with E-state index < -0.39 is 20.0 Å². The number of ether oxygens (including phenoxy) is 1. The van der Waals surface area contributed by atoms with Crippen molar-refractivity contribution in [3.63, 3.8) is 0 Å². The number of esters is 1. The zero-order valence-corrected chi connectivity index (χ0v) is 55.1. The Kier molecular flexibility index (Phi) is 59.1. The Hall–Kier alpha value is -2.29. The van der Waals surface area contributed by atoms with Crippen molar-refractivity contribution in [3.8, 4) is 0 Å². The molecule has 0 aliphatic heterocycles. The molecule has 0 heterocycles. The summed E-state index contributed by atoms with van der Waals surface area (Å²) in [6.45, 7) is 6.85. The van der Waals surface area contributed by atoms with Gasteiger partial charge in [-0.05, 0) is 76.7 Å². The fourth-order valence-corrected chi connectivity index (χ4v) is 10.8. The molecule has 0 rings (SSSR count). The second-order valence-corrected chi connectivity index (χ2v) is 26.1. The lowest BCUT2D eigenvalue weighted by atomic mass is 10.0. The van der Waals surface area contributed by atoms with E-state index in [1.807, 2.05) is 33.3 Å². The first-order chi connectivity index (χ1) is 39.4. The standard InChI is InChI=1S/C71H133N2O7P/c1-7-10-13-16-19-22-25-27-29-31-33-34-35-36-37-38-40-42-44-46-49-52-55-58-61-64-71(75)80-69(62-59-56-53-50-47-24-21-18-15-12-9-3)68(67-79-81(76,77)78-66-65-73(4,5)6)72-70(74)63-60-57-54-51-48-45-43-41-39-32-30-28-26-23-20-17-14-11-8-2/h19,22,27,29,33-34,36-37,59,62,68-69H,7-18,20-21,23-26,28,30-32,35,38-58,60-61,63-67H2,1-6H3,(H-,72,74,76,77)/b22-19-,29-27-,34-33-,37-36-,62-59+. The Morgan fingerprint density at radius 1 is 0.432 bits per heavy atom. The van der Waals surface area contributed by atoms with Crippen LogP contribution in [-0.4, -0.2) is 69.4 Å². The molecule has 81 heavy (non-hydrogen) atoms. The van der Waals surface area contributed by atoms with E-state index in [0.717, 1.165) is 89.9 Å². The molecule has 0 fully saturated rings. The van der Waals surface area contributed by atoms with E-state index in [2.05, 4.69) is 74.7 Å². The summed E-state index contributed by atoms with van der Waals surface area (Å²) in [7, 11) is 1.19. The summed E-state index contributed by atoms with van der Waals surface area (Å²) in [4.78, 5) is 40.1. The lowest BCUT2D eigenvalue weighted by Crippen LogP contribution is -2.47. The zero-order chi connectivity index (χ0) is 59.3. The number of amides is 1. The highest BCUT2D eigenvalue weighted by atomic mass is 31.2. The third-order valence-corrected chi connectivity index (χ3v) is 16.4. The summed E-state index contributed by atoms with van der Waals surface area (Å²) < 4.78 is 30.4. The summed E-state index contributed by atoms with van der Waals surface area (Å²) in [5.74, 6) is -0.536. The number of hydrogen-bond donors (Lipinski definition) is 1. The van der Waals surface area contributed by atoms with Crippen molar-refractivity contribution in [1.29, 1.82) is 0 Å². The van der Waals surface area contributed by atoms with E-state index in [9.17, 15) is 19.0 Å². The van der Waals surface area contributed by atoms with Crippen LogP contribution in [0, 0.1) is 0 Å². The summed E-state index contributed by atoms with van der Waals surface area (Å²) in [5, 5.41) is 3.04. The quantitative estimate of drug-likeness (QED) is 0.0212. The largest absolute Gasteiger partial charge is 0.756 e. The molecule has 0 aliphatic carbocycles. The summed E-state index contributed by atoms with van der Waals surface area (Å²) in [6, 6.07) is -0.890. The molecule has 0 saturated carbocycles. The number of rotatable bonds is 63. The van der Waals surface area contributed by atoms with Gasteiger partial charge < -0.3 is 28.5 Å². The van der Waals surface area contributed by atoms with Gasteiger partial charge in [-0.25, -0.2) is 0 Å². The van der Waals surface area contributed by atoms with Gasteiger partial charge in [0.05, 0.1) is 33.8 Å². The number of unbranched alkanes of at least 4 members (excludes halogenated alkanes) is 39. The maximum Gasteiger partial charge on any atom is 0.306 e. The van der Waals surface area contributed by atoms with Crippen LogP contribution in [0.3, 0.4) is 0 Å². The van der Waals surface area contributed by atoms with E-state index in [-0.39, 0.29) is 31.5 Å². The van der Waals surface area contributed by atoms with Crippen molar-refractivity contribution in [1.82, 2.24) is 5.32 Å². The first kappa shape index (κ1) is 78.7. The summed E-state index contributed by atoms with van der Waals surface area (Å²) >= 11 is 0. The number of allylic oxidation sites excluding steroid dienone is 9. The van der Waals surface area contributed by atoms with Crippen molar-refractivity contribution in [2.45, 2.75) is 341 Å². The van der Waals surface area contributed by atoms with Crippen LogP contribution in [0.25, 0.3) is 0 Å². The van der Waals surface area contributed by atoms with Crippen molar-refractivity contribution >= 4 is 19.7 Å². The van der Waals surface area contributed by atoms with Crippen LogP contribution in [0.15, 0.2) is 60.8 Å². The molecule has 9 nitrogen and oxygen atoms in total. The minimum absolute atomic E-state index is 0.0227. The van der Waals surface area contributed by atoms with Gasteiger partial charge in [0, 0.05) is 12.8 Å². The Morgan fingerprint density at radius 2 is 0.753 bits per heavy atom. The van der Waals surface area contributed by atoms with Gasteiger partial charge in [0.2, 0.25) is 5.91 Å². The topological polar surface area (TPSA) is 114 Å². The molecule has 1 amide bonds. The van der Waals surface area contributed by atoms with Crippen LogP contribution in [0.5, 0.6) is 0 Å². The van der Waals surface area contributed by atoms with Gasteiger partial charge in [0.25, 0.3) is 7.82 Å². The van der Waals surface area contributed by atoms with Crippen molar-refractivity contribution in [2.75, 3.05) is 40.9 Å². The fraction of sp³-hybridized carbons (Fsp3) is 0.831. The normalized spacial score (nSPS) is 13.9. The van der Waals surface area contributed by atoms with Crippen molar-refractivity contribution < 1.29 is 37.3 Å². The van der Waals surface area contributed by atoms with Crippen molar-refractivity contribution in [2.24, 2.45) is 0 Å². The highest BCUT2D eigenvalue weighted by Crippen LogP contribution is 2.38. The van der Waals surface area contributed by atoms with Gasteiger partial charge in [0.15, 0.2) is 0 Å². The zero-order valence-electron chi connectivity index (χ0n) is 54.2. The van der Waals surface area contributed by atoms with Crippen LogP contribution in [-0.2, 0) is 27.9 Å². The lowest BCUT2D eigenvalue weighted by Gasteiger charge is -2.30. The average Bonchev–Trinajstić information content (AvgIpc) is 3.43. The highest BCUT2D eigenvalue weighted by molar-refractivity contribution is 7.45. The SMILES string of the molecule is CCCCC/C=C\C/C=C\C/C=C\C/C=C\CCCCCCCCCCCC(=O)OC(/C=C/CCCCCCCCCCC)C(COP(=O)([O-])OCC[N+](C)(C)C)NC(=O)CCCCCCCCCCCCCCCCCCCCC. The second kappa shape index (κ2) is 60.8. The third-order valence-electron chi connectivity index (χ3n) is 15.5. The molecule has 0 aromatic rings. The van der Waals surface area contributed by atoms with Gasteiger partial charge in [-0.15, -0.1) is 0 Å². The highest BCUT2D eigenvalue weighted by Gasteiger charge is 2.27. The third kappa shape index (κ3) is 62.1. The number of carbonyl (C=O) groups is 2. The Labute approximate surface area is 502 Å². The van der Waals surface area contributed by atoms with Gasteiger partial charge in [-0.2, -0.15) is 0 Å². The number of hydrogen-bond acceptors (Lipinski definition) is 7. The molecule has 1 N–H and O–H groups in total. The van der Waals surface area contributed by atoms with Gasteiger partial charge in [-0.1, -0.05) is 300 Å². The maximum absolute atomic E-state index is 13.6. The Balaban J connectivity index is 5.06. The van der Waals surface area contributed by atoms with Crippen LogP contribution in [0.4, 0.5) is 0 Å². The van der Waals surface area contributed by atoms with Crippen LogP contribution >= 0.6 is 7.82 Å². The van der Waals surface area contributed by atoms with Crippen molar-refractivity contribution in [3.05, 3.63) is 60.8 Å². The number of carbonyl (C=O) groups excluding carboxylic acids is 2. The van der Waals surface area contributed by atoms with E-state index in [1.54, 1.807) is 0 Å². The molecule has 0 spiro atoms. The number of quaternary nitrogens is 1. The van der Waals surface area contributed by atoms with E-state index >= 15 is 0 Å². The lowest BCUT2D eigenvalue weighted by molar-refractivity contribution is -0.870. The number of phosphoric acid groups is 1. The number of nitrogens with one attached hydrogen (secondary N) is 1. The molecule has 0 aromatic carbocycles. The second-order valence-electron chi connectivity index (χ2n) is 24.7. The van der Waals surface area contributed by atoms with Gasteiger partial charge >= 0.3 is 5.97 Å². The molecule has 0 aromatic heterocycles. The average molecular weight is 1160 g/mol. The number of nitrogens with zero attached hydrogens (tertiary/aromatic N) is 1. The van der Waals surface area contributed by atoms with Gasteiger partial charge in [-0.3, -0.25) is 14.2 Å². The molecule has 3 atom stereocenters.